The van der Waals surface area contributed by atoms with E-state index in [1.807, 2.05) is 6.07 Å². The molecule has 0 radical (unpaired) electrons. The van der Waals surface area contributed by atoms with Gasteiger partial charge in [0.2, 0.25) is 0 Å². The Balaban J connectivity index is 2.45. The largest absolute Gasteiger partial charge is 0.320 e. The number of thiophene rings is 1. The Labute approximate surface area is 110 Å². The van der Waals surface area contributed by atoms with Gasteiger partial charge in [-0.25, -0.2) is 0 Å². The lowest BCUT2D eigenvalue weighted by Crippen LogP contribution is -2.14. The van der Waals surface area contributed by atoms with Crippen molar-refractivity contribution in [3.63, 3.8) is 0 Å². The monoisotopic (exact) mass is 280 g/mol. The summed E-state index contributed by atoms with van der Waals surface area (Å²) in [6, 6.07) is 12.1. The van der Waals surface area contributed by atoms with Crippen molar-refractivity contribution in [2.24, 2.45) is 0 Å². The summed E-state index contributed by atoms with van der Waals surface area (Å²) in [6.45, 7) is 1.97. The van der Waals surface area contributed by atoms with Crippen molar-refractivity contribution in [1.29, 1.82) is 0 Å². The summed E-state index contributed by atoms with van der Waals surface area (Å²) in [7, 11) is -3.48. The zero-order valence-corrected chi connectivity index (χ0v) is 11.6. The third-order valence-corrected chi connectivity index (χ3v) is 5.80. The molecule has 1 atom stereocenters. The minimum atomic E-state index is -3.48. The Morgan fingerprint density at radius 1 is 1.22 bits per heavy atom. The Morgan fingerprint density at radius 3 is 2.50 bits per heavy atom. The van der Waals surface area contributed by atoms with Crippen molar-refractivity contribution in [3.8, 4) is 0 Å². The highest BCUT2D eigenvalue weighted by atomic mass is 32.1. The summed E-state index contributed by atoms with van der Waals surface area (Å²) in [5, 5.41) is 2.24. The Bertz CT molecular complexity index is 563. The zero-order chi connectivity index (χ0) is 13.0. The van der Waals surface area contributed by atoms with Crippen LogP contribution < -0.4 is 5.30 Å². The van der Waals surface area contributed by atoms with E-state index in [1.165, 1.54) is 11.3 Å². The Hall–Kier alpha value is -1.22. The molecule has 0 aliphatic carbocycles. The van der Waals surface area contributed by atoms with Crippen molar-refractivity contribution < 1.29 is 13.9 Å². The van der Waals surface area contributed by atoms with Crippen LogP contribution in [0, 0.1) is 0 Å². The first-order valence-electron chi connectivity index (χ1n) is 5.57. The summed E-state index contributed by atoms with van der Waals surface area (Å²) < 4.78 is 18.2. The molecular formula is C13H13O3PS. The van der Waals surface area contributed by atoms with Crippen LogP contribution in [-0.4, -0.2) is 12.1 Å². The third-order valence-electron chi connectivity index (χ3n) is 2.41. The molecule has 0 spiro atoms. The van der Waals surface area contributed by atoms with Crippen LogP contribution in [0.1, 0.15) is 16.6 Å². The van der Waals surface area contributed by atoms with Crippen molar-refractivity contribution in [2.75, 3.05) is 6.61 Å². The van der Waals surface area contributed by atoms with Crippen LogP contribution in [0.2, 0.25) is 0 Å². The van der Waals surface area contributed by atoms with Gasteiger partial charge in [-0.1, -0.05) is 24.3 Å². The van der Waals surface area contributed by atoms with Crippen molar-refractivity contribution in [2.45, 2.75) is 6.92 Å². The molecule has 0 saturated heterocycles. The van der Waals surface area contributed by atoms with Gasteiger partial charge < -0.3 is 4.52 Å². The highest BCUT2D eigenvalue weighted by Gasteiger charge is 2.36. The topological polar surface area (TPSA) is 43.4 Å². The van der Waals surface area contributed by atoms with Gasteiger partial charge in [0.05, 0.1) is 11.5 Å². The van der Waals surface area contributed by atoms with E-state index in [4.69, 9.17) is 4.52 Å². The van der Waals surface area contributed by atoms with Gasteiger partial charge in [-0.05, 0) is 30.5 Å². The second-order valence-electron chi connectivity index (χ2n) is 3.59. The van der Waals surface area contributed by atoms with Crippen LogP contribution in [0.25, 0.3) is 0 Å². The lowest BCUT2D eigenvalue weighted by atomic mass is 10.4. The summed E-state index contributed by atoms with van der Waals surface area (Å²) >= 11 is 1.28. The van der Waals surface area contributed by atoms with E-state index in [1.54, 1.807) is 48.7 Å². The van der Waals surface area contributed by atoms with Crippen LogP contribution in [0.4, 0.5) is 0 Å². The predicted octanol–water partition coefficient (Wildman–Crippen LogP) is 3.53. The first-order valence-corrected chi connectivity index (χ1v) is 8.07. The van der Waals surface area contributed by atoms with Gasteiger partial charge in [0.1, 0.15) is 0 Å². The minimum Gasteiger partial charge on any atom is -0.320 e. The average Bonchev–Trinajstić information content (AvgIpc) is 2.93. The summed E-state index contributed by atoms with van der Waals surface area (Å²) in [5.74, 6) is 0. The predicted molar refractivity (Wildman–Crippen MR) is 74.0 cm³/mol. The van der Waals surface area contributed by atoms with Crippen molar-refractivity contribution in [3.05, 3.63) is 52.7 Å². The second kappa shape index (κ2) is 5.61. The molecule has 0 aliphatic heterocycles. The number of carbonyl (C=O) groups excluding carboxylic acids is 1. The van der Waals surface area contributed by atoms with E-state index >= 15 is 0 Å². The van der Waals surface area contributed by atoms with Gasteiger partial charge in [0, 0.05) is 5.30 Å². The average molecular weight is 280 g/mol. The number of hydrogen-bond donors (Lipinski definition) is 0. The van der Waals surface area contributed by atoms with E-state index in [0.29, 0.717) is 10.2 Å². The van der Waals surface area contributed by atoms with Crippen LogP contribution in [-0.2, 0) is 9.09 Å². The maximum absolute atomic E-state index is 12.8. The highest BCUT2D eigenvalue weighted by Crippen LogP contribution is 2.49. The van der Waals surface area contributed by atoms with E-state index < -0.39 is 12.9 Å². The van der Waals surface area contributed by atoms with Gasteiger partial charge in [0.15, 0.2) is 0 Å². The summed E-state index contributed by atoms with van der Waals surface area (Å²) in [4.78, 5) is 12.8. The number of hydrogen-bond acceptors (Lipinski definition) is 4. The molecule has 2 aromatic rings. The molecule has 0 saturated carbocycles. The normalized spacial score (nSPS) is 14.1. The van der Waals surface area contributed by atoms with Gasteiger partial charge in [-0.3, -0.25) is 9.36 Å². The van der Waals surface area contributed by atoms with Crippen molar-refractivity contribution >= 4 is 29.5 Å². The summed E-state index contributed by atoms with van der Waals surface area (Å²) in [6.07, 6.45) is 0. The molecule has 0 bridgehead atoms. The SMILES string of the molecule is CCOP(=O)(C(=O)c1cccs1)c1ccccc1. The fourth-order valence-corrected chi connectivity index (χ4v) is 4.48. The van der Waals surface area contributed by atoms with Gasteiger partial charge in [0.25, 0.3) is 5.52 Å². The van der Waals surface area contributed by atoms with Gasteiger partial charge >= 0.3 is 7.37 Å². The molecule has 1 aromatic carbocycles. The van der Waals surface area contributed by atoms with E-state index in [-0.39, 0.29) is 6.61 Å². The first-order chi connectivity index (χ1) is 8.68. The van der Waals surface area contributed by atoms with Crippen LogP contribution in [0.15, 0.2) is 47.8 Å². The number of benzene rings is 1. The first kappa shape index (κ1) is 13.2. The van der Waals surface area contributed by atoms with Crippen LogP contribution in [0.3, 0.4) is 0 Å². The second-order valence-corrected chi connectivity index (χ2v) is 6.82. The molecular weight excluding hydrogens is 267 g/mol. The standard InChI is InChI=1S/C13H13O3PS/c1-2-16-17(15,11-7-4-3-5-8-11)13(14)12-9-6-10-18-12/h3-10H,2H2,1H3. The van der Waals surface area contributed by atoms with E-state index in [0.717, 1.165) is 0 Å². The summed E-state index contributed by atoms with van der Waals surface area (Å²) in [5.41, 5.74) is -0.425. The molecule has 0 aliphatic rings. The fourth-order valence-electron chi connectivity index (χ4n) is 1.60. The van der Waals surface area contributed by atoms with Gasteiger partial charge in [-0.15, -0.1) is 11.3 Å². The zero-order valence-electron chi connectivity index (χ0n) is 9.91. The molecule has 18 heavy (non-hydrogen) atoms. The Morgan fingerprint density at radius 2 is 1.94 bits per heavy atom. The number of rotatable bonds is 5. The Kier molecular flexibility index (Phi) is 4.12. The third kappa shape index (κ3) is 2.46. The molecule has 0 amide bonds. The molecule has 2 rings (SSSR count). The lowest BCUT2D eigenvalue weighted by molar-refractivity contribution is 0.106. The molecule has 1 heterocycles. The van der Waals surface area contributed by atoms with Crippen LogP contribution in [0.5, 0.6) is 0 Å². The molecule has 0 N–H and O–H groups in total. The molecule has 0 fully saturated rings. The van der Waals surface area contributed by atoms with Crippen LogP contribution >= 0.6 is 18.7 Å². The quantitative estimate of drug-likeness (QED) is 0.787. The van der Waals surface area contributed by atoms with E-state index in [9.17, 15) is 9.36 Å². The van der Waals surface area contributed by atoms with E-state index in [2.05, 4.69) is 0 Å². The maximum atomic E-state index is 12.8. The maximum Gasteiger partial charge on any atom is 0.301 e. The fraction of sp³-hybridized carbons (Fsp3) is 0.154. The number of carbonyl (C=O) groups is 1. The van der Waals surface area contributed by atoms with Crippen molar-refractivity contribution in [1.82, 2.24) is 0 Å². The minimum absolute atomic E-state index is 0.239. The molecule has 1 unspecified atom stereocenters. The molecule has 5 heteroatoms. The smallest absolute Gasteiger partial charge is 0.301 e. The highest BCUT2D eigenvalue weighted by molar-refractivity contribution is 7.84. The lowest BCUT2D eigenvalue weighted by Gasteiger charge is -2.15. The molecule has 3 nitrogen and oxygen atoms in total. The molecule has 94 valence electrons. The van der Waals surface area contributed by atoms with Gasteiger partial charge in [-0.2, -0.15) is 0 Å². The molecule has 1 aromatic heterocycles.